The van der Waals surface area contributed by atoms with Crippen LogP contribution in [0.1, 0.15) is 13.8 Å². The highest BCUT2D eigenvalue weighted by Gasteiger charge is 2.28. The zero-order chi connectivity index (χ0) is 9.84. The van der Waals surface area contributed by atoms with Gasteiger partial charge in [-0.25, -0.2) is 0 Å². The third-order valence-corrected chi connectivity index (χ3v) is 1.91. The molecule has 0 aromatic heterocycles. The molecule has 0 saturated carbocycles. The second kappa shape index (κ2) is 4.24. The highest BCUT2D eigenvalue weighted by Crippen LogP contribution is 2.10. The van der Waals surface area contributed by atoms with Gasteiger partial charge in [-0.2, -0.15) is 5.26 Å². The Bertz CT molecular complexity index is 232. The summed E-state index contributed by atoms with van der Waals surface area (Å²) in [7, 11) is 0. The summed E-state index contributed by atoms with van der Waals surface area (Å²) in [5.41, 5.74) is 0. The van der Waals surface area contributed by atoms with Gasteiger partial charge in [0.05, 0.1) is 12.7 Å². The Labute approximate surface area is 78.1 Å². The SMILES string of the molecule is CC(C)CN1C(=O)COCC1C#N. The van der Waals surface area contributed by atoms with Crippen molar-refractivity contribution in [2.45, 2.75) is 19.9 Å². The molecule has 0 bridgehead atoms. The number of rotatable bonds is 2. The van der Waals surface area contributed by atoms with E-state index < -0.39 is 6.04 Å². The lowest BCUT2D eigenvalue weighted by Crippen LogP contribution is -2.50. The highest BCUT2D eigenvalue weighted by atomic mass is 16.5. The fourth-order valence-electron chi connectivity index (χ4n) is 1.33. The molecule has 1 unspecified atom stereocenters. The third kappa shape index (κ3) is 2.43. The Morgan fingerprint density at radius 3 is 3.00 bits per heavy atom. The average molecular weight is 182 g/mol. The van der Waals surface area contributed by atoms with Gasteiger partial charge in [0.25, 0.3) is 0 Å². The zero-order valence-electron chi connectivity index (χ0n) is 7.99. The summed E-state index contributed by atoms with van der Waals surface area (Å²) < 4.78 is 4.98. The van der Waals surface area contributed by atoms with E-state index in [1.54, 1.807) is 4.90 Å². The number of morpholine rings is 1. The van der Waals surface area contributed by atoms with Crippen molar-refractivity contribution in [3.8, 4) is 6.07 Å². The molecule has 0 aliphatic carbocycles. The molecule has 1 rings (SSSR count). The average Bonchev–Trinajstić information content (AvgIpc) is 2.08. The van der Waals surface area contributed by atoms with Crippen LogP contribution in [0.3, 0.4) is 0 Å². The lowest BCUT2D eigenvalue weighted by atomic mass is 10.1. The van der Waals surface area contributed by atoms with Crippen LogP contribution in [0.2, 0.25) is 0 Å². The minimum Gasteiger partial charge on any atom is -0.368 e. The van der Waals surface area contributed by atoms with Gasteiger partial charge in [0, 0.05) is 6.54 Å². The molecule has 1 amide bonds. The summed E-state index contributed by atoms with van der Waals surface area (Å²) >= 11 is 0. The number of carbonyl (C=O) groups is 1. The smallest absolute Gasteiger partial charge is 0.249 e. The fraction of sp³-hybridized carbons (Fsp3) is 0.778. The maximum atomic E-state index is 11.3. The molecule has 1 fully saturated rings. The van der Waals surface area contributed by atoms with Gasteiger partial charge in [0.1, 0.15) is 12.6 Å². The minimum atomic E-state index is -0.399. The van der Waals surface area contributed by atoms with E-state index in [-0.39, 0.29) is 12.5 Å². The summed E-state index contributed by atoms with van der Waals surface area (Å²) in [6.07, 6.45) is 0. The second-order valence-corrected chi connectivity index (χ2v) is 3.60. The number of nitrogens with zero attached hydrogens (tertiary/aromatic N) is 2. The normalized spacial score (nSPS) is 23.4. The molecule has 0 aromatic rings. The lowest BCUT2D eigenvalue weighted by molar-refractivity contribution is -0.146. The maximum Gasteiger partial charge on any atom is 0.249 e. The molecule has 13 heavy (non-hydrogen) atoms. The molecule has 0 N–H and O–H groups in total. The maximum absolute atomic E-state index is 11.3. The van der Waals surface area contributed by atoms with Crippen molar-refractivity contribution < 1.29 is 9.53 Å². The standard InChI is InChI=1S/C9H14N2O2/c1-7(2)4-11-8(3-10)5-13-6-9(11)12/h7-8H,4-6H2,1-2H3. The molecule has 4 heteroatoms. The minimum absolute atomic E-state index is 0.0773. The number of hydrogen-bond acceptors (Lipinski definition) is 3. The first-order valence-electron chi connectivity index (χ1n) is 4.42. The van der Waals surface area contributed by atoms with Crippen LogP contribution in [0, 0.1) is 17.2 Å². The molecule has 1 heterocycles. The van der Waals surface area contributed by atoms with E-state index in [0.29, 0.717) is 19.1 Å². The van der Waals surface area contributed by atoms with Crippen LogP contribution >= 0.6 is 0 Å². The van der Waals surface area contributed by atoms with E-state index in [9.17, 15) is 4.79 Å². The quantitative estimate of drug-likeness (QED) is 0.621. The van der Waals surface area contributed by atoms with Crippen LogP contribution in [0.4, 0.5) is 0 Å². The molecule has 1 aliphatic rings. The van der Waals surface area contributed by atoms with Gasteiger partial charge in [-0.1, -0.05) is 13.8 Å². The molecule has 1 saturated heterocycles. The van der Waals surface area contributed by atoms with Crippen molar-refractivity contribution in [2.75, 3.05) is 19.8 Å². The van der Waals surface area contributed by atoms with Crippen LogP contribution in [-0.4, -0.2) is 36.6 Å². The van der Waals surface area contributed by atoms with Crippen molar-refractivity contribution in [1.82, 2.24) is 4.90 Å². The van der Waals surface area contributed by atoms with E-state index in [1.807, 2.05) is 13.8 Å². The topological polar surface area (TPSA) is 53.3 Å². The first kappa shape index (κ1) is 10.0. The van der Waals surface area contributed by atoms with Crippen molar-refractivity contribution in [3.05, 3.63) is 0 Å². The summed E-state index contributed by atoms with van der Waals surface area (Å²) in [4.78, 5) is 13.0. The van der Waals surface area contributed by atoms with E-state index in [0.717, 1.165) is 0 Å². The van der Waals surface area contributed by atoms with Crippen molar-refractivity contribution >= 4 is 5.91 Å². The lowest BCUT2D eigenvalue weighted by Gasteiger charge is -2.32. The van der Waals surface area contributed by atoms with Crippen LogP contribution < -0.4 is 0 Å². The van der Waals surface area contributed by atoms with Gasteiger partial charge in [-0.15, -0.1) is 0 Å². The van der Waals surface area contributed by atoms with Crippen molar-refractivity contribution in [1.29, 1.82) is 5.26 Å². The van der Waals surface area contributed by atoms with Gasteiger partial charge in [0.15, 0.2) is 0 Å². The van der Waals surface area contributed by atoms with Crippen LogP contribution in [0.5, 0.6) is 0 Å². The summed E-state index contributed by atoms with van der Waals surface area (Å²) in [5, 5.41) is 8.77. The molecule has 0 radical (unpaired) electrons. The molecule has 1 aliphatic heterocycles. The van der Waals surface area contributed by atoms with E-state index >= 15 is 0 Å². The fourth-order valence-corrected chi connectivity index (χ4v) is 1.33. The summed E-state index contributed by atoms with van der Waals surface area (Å²) in [5.74, 6) is 0.310. The van der Waals surface area contributed by atoms with Gasteiger partial charge < -0.3 is 9.64 Å². The summed E-state index contributed by atoms with van der Waals surface area (Å²) in [6.45, 7) is 5.15. The Kier molecular flexibility index (Phi) is 3.26. The predicted octanol–water partition coefficient (Wildman–Crippen LogP) is 0.393. The van der Waals surface area contributed by atoms with E-state index in [1.165, 1.54) is 0 Å². The zero-order valence-corrected chi connectivity index (χ0v) is 7.99. The van der Waals surface area contributed by atoms with Gasteiger partial charge in [0.2, 0.25) is 5.91 Å². The number of amides is 1. The Morgan fingerprint density at radius 2 is 2.46 bits per heavy atom. The molecule has 1 atom stereocenters. The molecule has 0 aromatic carbocycles. The third-order valence-electron chi connectivity index (χ3n) is 1.91. The van der Waals surface area contributed by atoms with Crippen molar-refractivity contribution in [3.63, 3.8) is 0 Å². The number of hydrogen-bond donors (Lipinski definition) is 0. The van der Waals surface area contributed by atoms with Gasteiger partial charge in [-0.05, 0) is 5.92 Å². The second-order valence-electron chi connectivity index (χ2n) is 3.60. The Balaban J connectivity index is 2.63. The monoisotopic (exact) mass is 182 g/mol. The number of nitriles is 1. The van der Waals surface area contributed by atoms with Gasteiger partial charge in [-0.3, -0.25) is 4.79 Å². The highest BCUT2D eigenvalue weighted by molar-refractivity contribution is 5.78. The van der Waals surface area contributed by atoms with Crippen LogP contribution in [0.15, 0.2) is 0 Å². The number of carbonyl (C=O) groups excluding carboxylic acids is 1. The molecular formula is C9H14N2O2. The van der Waals surface area contributed by atoms with Gasteiger partial charge >= 0.3 is 0 Å². The molecule has 72 valence electrons. The first-order valence-corrected chi connectivity index (χ1v) is 4.42. The first-order chi connectivity index (χ1) is 6.15. The van der Waals surface area contributed by atoms with Crippen LogP contribution in [0.25, 0.3) is 0 Å². The Hall–Kier alpha value is -1.08. The van der Waals surface area contributed by atoms with E-state index in [4.69, 9.17) is 10.00 Å². The van der Waals surface area contributed by atoms with Crippen molar-refractivity contribution in [2.24, 2.45) is 5.92 Å². The predicted molar refractivity (Wildman–Crippen MR) is 46.8 cm³/mol. The largest absolute Gasteiger partial charge is 0.368 e. The molecule has 4 nitrogen and oxygen atoms in total. The molecular weight excluding hydrogens is 168 g/mol. The number of ether oxygens (including phenoxy) is 1. The summed E-state index contributed by atoms with van der Waals surface area (Å²) in [6, 6.07) is 1.67. The van der Waals surface area contributed by atoms with Crippen LogP contribution in [-0.2, 0) is 9.53 Å². The Morgan fingerprint density at radius 1 is 1.77 bits per heavy atom. The molecule has 0 spiro atoms. The van der Waals surface area contributed by atoms with E-state index in [2.05, 4.69) is 6.07 Å².